The summed E-state index contributed by atoms with van der Waals surface area (Å²) in [5.41, 5.74) is 5.20. The topological polar surface area (TPSA) is 81.2 Å². The molecule has 3 rings (SSSR count). The van der Waals surface area contributed by atoms with E-state index < -0.39 is 12.0 Å². The lowest BCUT2D eigenvalue weighted by atomic mass is 9.65. The summed E-state index contributed by atoms with van der Waals surface area (Å²) in [6.45, 7) is 1.82. The Morgan fingerprint density at radius 3 is 2.71 bits per heavy atom. The van der Waals surface area contributed by atoms with Gasteiger partial charge in [0, 0.05) is 30.1 Å². The van der Waals surface area contributed by atoms with Gasteiger partial charge >= 0.3 is 6.55 Å². The molecule has 1 saturated heterocycles. The van der Waals surface area contributed by atoms with Crippen molar-refractivity contribution in [1.29, 1.82) is 0 Å². The third kappa shape index (κ3) is 2.70. The minimum Gasteiger partial charge on any atom is -0.396 e. The highest BCUT2D eigenvalue weighted by atomic mass is 19.3. The Bertz CT molecular complexity index is 725. The average molecular weight is 338 g/mol. The summed E-state index contributed by atoms with van der Waals surface area (Å²) >= 11 is 0. The first-order valence-corrected chi connectivity index (χ1v) is 7.79. The SMILES string of the molecule is CC1(C)C[C@@]2(C=C(N)C1=O)CCN(C(=O)c1ccn(C(F)F)n1)C2. The number of likely N-dealkylation sites (tertiary alicyclic amines) is 1. The molecule has 8 heteroatoms. The quantitative estimate of drug-likeness (QED) is 0.894. The molecule has 0 saturated carbocycles. The predicted octanol–water partition coefficient (Wildman–Crippen LogP) is 1.95. The maximum atomic E-state index is 12.6. The van der Waals surface area contributed by atoms with Gasteiger partial charge in [0.25, 0.3) is 5.91 Å². The van der Waals surface area contributed by atoms with Gasteiger partial charge in [0.1, 0.15) is 0 Å². The van der Waals surface area contributed by atoms with Crippen molar-refractivity contribution in [3.63, 3.8) is 0 Å². The zero-order chi connectivity index (χ0) is 17.7. The maximum Gasteiger partial charge on any atom is 0.333 e. The van der Waals surface area contributed by atoms with E-state index >= 15 is 0 Å². The standard InChI is InChI=1S/C16H20F2N4O2/c1-15(2)8-16(7-10(19)12(15)23)4-6-21(9-16)13(24)11-3-5-22(20-11)14(17)18/h3,5,7,14H,4,6,8-9,19H2,1-2H3/t16-/m0/s1. The van der Waals surface area contributed by atoms with Crippen molar-refractivity contribution in [3.8, 4) is 0 Å². The van der Waals surface area contributed by atoms with Gasteiger partial charge in [0.15, 0.2) is 11.5 Å². The Labute approximate surface area is 138 Å². The number of halogens is 2. The third-order valence-electron chi connectivity index (χ3n) is 4.83. The molecule has 1 spiro atoms. The van der Waals surface area contributed by atoms with Crippen LogP contribution in [0.5, 0.6) is 0 Å². The highest BCUT2D eigenvalue weighted by molar-refractivity contribution is 5.99. The van der Waals surface area contributed by atoms with Crippen LogP contribution in [0, 0.1) is 10.8 Å². The van der Waals surface area contributed by atoms with Gasteiger partial charge in [-0.15, -0.1) is 0 Å². The summed E-state index contributed by atoms with van der Waals surface area (Å²) in [5.74, 6) is -0.457. The number of nitrogens with zero attached hydrogens (tertiary/aromatic N) is 3. The Morgan fingerprint density at radius 1 is 1.42 bits per heavy atom. The molecule has 1 amide bonds. The summed E-state index contributed by atoms with van der Waals surface area (Å²) in [6, 6.07) is 1.29. The average Bonchev–Trinajstić information content (AvgIpc) is 3.11. The van der Waals surface area contributed by atoms with Crippen LogP contribution in [-0.4, -0.2) is 39.5 Å². The summed E-state index contributed by atoms with van der Waals surface area (Å²) in [5, 5.41) is 3.62. The Kier molecular flexibility index (Phi) is 3.73. The number of rotatable bonds is 2. The first-order chi connectivity index (χ1) is 11.1. The van der Waals surface area contributed by atoms with E-state index in [1.54, 1.807) is 11.0 Å². The zero-order valence-corrected chi connectivity index (χ0v) is 13.6. The number of hydrogen-bond donors (Lipinski definition) is 1. The predicted molar refractivity (Wildman–Crippen MR) is 82.1 cm³/mol. The summed E-state index contributed by atoms with van der Waals surface area (Å²) < 4.78 is 25.6. The Morgan fingerprint density at radius 2 is 2.12 bits per heavy atom. The van der Waals surface area contributed by atoms with E-state index in [1.807, 2.05) is 13.8 Å². The number of nitrogens with two attached hydrogens (primary N) is 1. The smallest absolute Gasteiger partial charge is 0.333 e. The van der Waals surface area contributed by atoms with E-state index in [9.17, 15) is 18.4 Å². The molecule has 0 aromatic carbocycles. The Hall–Kier alpha value is -2.25. The van der Waals surface area contributed by atoms with E-state index in [4.69, 9.17) is 5.73 Å². The molecule has 1 fully saturated rings. The largest absolute Gasteiger partial charge is 0.396 e. The van der Waals surface area contributed by atoms with Gasteiger partial charge in [-0.25, -0.2) is 4.68 Å². The van der Waals surface area contributed by atoms with E-state index in [2.05, 4.69) is 5.10 Å². The van der Waals surface area contributed by atoms with Gasteiger partial charge in [-0.2, -0.15) is 13.9 Å². The van der Waals surface area contributed by atoms with Crippen LogP contribution in [0.25, 0.3) is 0 Å². The number of amides is 1. The van der Waals surface area contributed by atoms with Crippen LogP contribution in [0.4, 0.5) is 8.78 Å². The lowest BCUT2D eigenvalue weighted by Gasteiger charge is -2.39. The van der Waals surface area contributed by atoms with Crippen molar-refractivity contribution < 1.29 is 18.4 Å². The van der Waals surface area contributed by atoms with E-state index in [1.165, 1.54) is 6.07 Å². The van der Waals surface area contributed by atoms with Gasteiger partial charge in [-0.1, -0.05) is 13.8 Å². The number of carbonyl (C=O) groups excluding carboxylic acids is 2. The van der Waals surface area contributed by atoms with Crippen LogP contribution < -0.4 is 5.73 Å². The van der Waals surface area contributed by atoms with Gasteiger partial charge < -0.3 is 10.6 Å². The molecule has 1 aromatic heterocycles. The van der Waals surface area contributed by atoms with Gasteiger partial charge in [0.2, 0.25) is 0 Å². The number of carbonyl (C=O) groups is 2. The minimum atomic E-state index is -2.77. The molecule has 0 radical (unpaired) electrons. The van der Waals surface area contributed by atoms with Crippen molar-refractivity contribution in [3.05, 3.63) is 29.7 Å². The second-order valence-corrected chi connectivity index (χ2v) is 7.29. The molecular weight excluding hydrogens is 318 g/mol. The molecule has 1 atom stereocenters. The second kappa shape index (κ2) is 5.39. The first kappa shape index (κ1) is 16.6. The summed E-state index contributed by atoms with van der Waals surface area (Å²) in [6.07, 6.45) is 4.15. The molecule has 1 aliphatic carbocycles. The van der Waals surface area contributed by atoms with Crippen molar-refractivity contribution in [1.82, 2.24) is 14.7 Å². The van der Waals surface area contributed by atoms with Crippen LogP contribution >= 0.6 is 0 Å². The number of hydrogen-bond acceptors (Lipinski definition) is 4. The van der Waals surface area contributed by atoms with Crippen LogP contribution in [0.1, 0.15) is 43.7 Å². The fraction of sp³-hybridized carbons (Fsp3) is 0.562. The number of Topliss-reactive ketones (excluding diaryl/α,β-unsaturated/α-hetero) is 1. The molecule has 2 aliphatic rings. The lowest BCUT2D eigenvalue weighted by molar-refractivity contribution is -0.125. The fourth-order valence-electron chi connectivity index (χ4n) is 3.85. The summed E-state index contributed by atoms with van der Waals surface area (Å²) in [7, 11) is 0. The number of allylic oxidation sites excluding steroid dienone is 1. The molecule has 2 heterocycles. The van der Waals surface area contributed by atoms with Gasteiger partial charge in [0.05, 0.1) is 5.70 Å². The molecule has 1 aromatic rings. The Balaban J connectivity index is 1.80. The number of alkyl halides is 2. The highest BCUT2D eigenvalue weighted by Crippen LogP contribution is 2.47. The highest BCUT2D eigenvalue weighted by Gasteiger charge is 2.48. The number of ketones is 1. The minimum absolute atomic E-state index is 0.00422. The molecule has 130 valence electrons. The van der Waals surface area contributed by atoms with E-state index in [0.717, 1.165) is 6.20 Å². The van der Waals surface area contributed by atoms with Gasteiger partial charge in [-0.05, 0) is 25.0 Å². The normalized spacial score (nSPS) is 26.3. The molecule has 6 nitrogen and oxygen atoms in total. The first-order valence-electron chi connectivity index (χ1n) is 7.79. The van der Waals surface area contributed by atoms with Gasteiger partial charge in [-0.3, -0.25) is 9.59 Å². The lowest BCUT2D eigenvalue weighted by Crippen LogP contribution is -2.42. The van der Waals surface area contributed by atoms with Crippen LogP contribution in [0.15, 0.2) is 24.0 Å². The monoisotopic (exact) mass is 338 g/mol. The van der Waals surface area contributed by atoms with Crippen molar-refractivity contribution in [2.45, 2.75) is 33.2 Å². The van der Waals surface area contributed by atoms with E-state index in [0.29, 0.717) is 30.6 Å². The van der Waals surface area contributed by atoms with Crippen molar-refractivity contribution in [2.75, 3.05) is 13.1 Å². The third-order valence-corrected chi connectivity index (χ3v) is 4.83. The second-order valence-electron chi connectivity index (χ2n) is 7.29. The molecule has 24 heavy (non-hydrogen) atoms. The maximum absolute atomic E-state index is 12.6. The molecule has 2 N–H and O–H groups in total. The molecule has 0 unspecified atom stereocenters. The zero-order valence-electron chi connectivity index (χ0n) is 13.6. The molecular formula is C16H20F2N4O2. The fourth-order valence-corrected chi connectivity index (χ4v) is 3.85. The molecule has 0 bridgehead atoms. The van der Waals surface area contributed by atoms with Crippen molar-refractivity contribution in [2.24, 2.45) is 16.6 Å². The van der Waals surface area contributed by atoms with E-state index in [-0.39, 0.29) is 28.5 Å². The van der Waals surface area contributed by atoms with Crippen LogP contribution in [0.3, 0.4) is 0 Å². The van der Waals surface area contributed by atoms with Crippen molar-refractivity contribution >= 4 is 11.7 Å². The summed E-state index contributed by atoms with van der Waals surface area (Å²) in [4.78, 5) is 26.2. The number of aromatic nitrogens is 2. The van der Waals surface area contributed by atoms with Crippen LogP contribution in [0.2, 0.25) is 0 Å². The molecule has 1 aliphatic heterocycles. The van der Waals surface area contributed by atoms with Crippen LogP contribution in [-0.2, 0) is 4.79 Å².